The number of carbonyl (C=O) groups is 1. The lowest BCUT2D eigenvalue weighted by Gasteiger charge is -2.12. The normalized spacial score (nSPS) is 10.8. The van der Waals surface area contributed by atoms with Gasteiger partial charge in [0.1, 0.15) is 5.75 Å². The zero-order valence-corrected chi connectivity index (χ0v) is 14.3. The van der Waals surface area contributed by atoms with Crippen molar-refractivity contribution in [3.8, 4) is 17.0 Å². The molecular formula is C19H16ClNO3. The number of hydrogen-bond donors (Lipinski definition) is 1. The van der Waals surface area contributed by atoms with Crippen molar-refractivity contribution in [2.75, 3.05) is 7.11 Å². The molecule has 2 aromatic carbocycles. The molecule has 1 heterocycles. The van der Waals surface area contributed by atoms with Crippen LogP contribution in [0.25, 0.3) is 22.2 Å². The van der Waals surface area contributed by atoms with E-state index in [1.165, 1.54) is 0 Å². The Hall–Kier alpha value is -2.59. The van der Waals surface area contributed by atoms with Crippen LogP contribution in [-0.2, 0) is 0 Å². The second-order valence-electron chi connectivity index (χ2n) is 5.63. The number of aromatic nitrogens is 1. The second kappa shape index (κ2) is 6.13. The minimum Gasteiger partial charge on any atom is -0.495 e. The smallest absolute Gasteiger partial charge is 0.336 e. The van der Waals surface area contributed by atoms with Crippen LogP contribution in [0.3, 0.4) is 0 Å². The van der Waals surface area contributed by atoms with Crippen molar-refractivity contribution in [3.63, 3.8) is 0 Å². The summed E-state index contributed by atoms with van der Waals surface area (Å²) in [6, 6.07) is 10.7. The lowest BCUT2D eigenvalue weighted by Crippen LogP contribution is -2.02. The van der Waals surface area contributed by atoms with E-state index in [0.717, 1.165) is 16.7 Å². The fourth-order valence-corrected chi connectivity index (χ4v) is 3.04. The summed E-state index contributed by atoms with van der Waals surface area (Å²) in [6.45, 7) is 3.81. The number of pyridine rings is 1. The van der Waals surface area contributed by atoms with E-state index in [4.69, 9.17) is 16.3 Å². The Morgan fingerprint density at radius 3 is 2.46 bits per heavy atom. The molecule has 4 nitrogen and oxygen atoms in total. The number of methoxy groups -OCH3 is 1. The number of ether oxygens (including phenoxy) is 1. The maximum atomic E-state index is 11.8. The summed E-state index contributed by atoms with van der Waals surface area (Å²) < 4.78 is 5.16. The molecule has 0 unspecified atom stereocenters. The summed E-state index contributed by atoms with van der Waals surface area (Å²) in [7, 11) is 1.55. The maximum absolute atomic E-state index is 11.8. The van der Waals surface area contributed by atoms with Gasteiger partial charge in [0, 0.05) is 10.9 Å². The molecular weight excluding hydrogens is 326 g/mol. The van der Waals surface area contributed by atoms with Gasteiger partial charge in [-0.15, -0.1) is 0 Å². The fraction of sp³-hybridized carbons (Fsp3) is 0.158. The summed E-state index contributed by atoms with van der Waals surface area (Å²) in [4.78, 5) is 16.4. The highest BCUT2D eigenvalue weighted by atomic mass is 35.5. The fourth-order valence-electron chi connectivity index (χ4n) is 2.78. The second-order valence-corrected chi connectivity index (χ2v) is 6.04. The molecule has 0 aliphatic carbocycles. The van der Waals surface area contributed by atoms with E-state index in [0.29, 0.717) is 27.4 Å². The average Bonchev–Trinajstić information content (AvgIpc) is 2.57. The van der Waals surface area contributed by atoms with Gasteiger partial charge in [-0.05, 0) is 49.2 Å². The first-order chi connectivity index (χ1) is 11.4. The number of fused-ring (bicyclic) bond motifs is 1. The lowest BCUT2D eigenvalue weighted by molar-refractivity contribution is 0.0699. The molecule has 122 valence electrons. The standard InChI is InChI=1S/C19H16ClNO3/c1-10-4-5-11(2)18-17(10)13(19(22)23)9-15(21-18)12-6-7-16(24-3)14(20)8-12/h4-9H,1-3H3,(H,22,23). The molecule has 3 aromatic rings. The Bertz CT molecular complexity index is 966. The molecule has 24 heavy (non-hydrogen) atoms. The van der Waals surface area contributed by atoms with Crippen LogP contribution in [0, 0.1) is 13.8 Å². The van der Waals surface area contributed by atoms with Crippen LogP contribution in [0.2, 0.25) is 5.02 Å². The minimum absolute atomic E-state index is 0.239. The lowest BCUT2D eigenvalue weighted by atomic mass is 9.98. The molecule has 1 N–H and O–H groups in total. The third-order valence-corrected chi connectivity index (χ3v) is 4.34. The molecule has 0 aliphatic rings. The predicted octanol–water partition coefficient (Wildman–Crippen LogP) is 4.88. The summed E-state index contributed by atoms with van der Waals surface area (Å²) in [5.74, 6) is -0.413. The Balaban J connectivity index is 2.32. The van der Waals surface area contributed by atoms with E-state index < -0.39 is 5.97 Å². The summed E-state index contributed by atoms with van der Waals surface area (Å²) >= 11 is 6.19. The minimum atomic E-state index is -0.975. The van der Waals surface area contributed by atoms with Crippen molar-refractivity contribution >= 4 is 28.5 Å². The van der Waals surface area contributed by atoms with E-state index in [9.17, 15) is 9.90 Å². The Labute approximate surface area is 144 Å². The van der Waals surface area contributed by atoms with E-state index in [1.54, 1.807) is 25.3 Å². The molecule has 0 aliphatic heterocycles. The van der Waals surface area contributed by atoms with Crippen LogP contribution in [0.1, 0.15) is 21.5 Å². The summed E-state index contributed by atoms with van der Waals surface area (Å²) in [5, 5.41) is 10.8. The number of rotatable bonds is 3. The van der Waals surface area contributed by atoms with Crippen molar-refractivity contribution in [3.05, 3.63) is 58.1 Å². The molecule has 3 rings (SSSR count). The Kier molecular flexibility index (Phi) is 4.16. The highest BCUT2D eigenvalue weighted by Crippen LogP contribution is 2.33. The van der Waals surface area contributed by atoms with Crippen molar-refractivity contribution < 1.29 is 14.6 Å². The van der Waals surface area contributed by atoms with Gasteiger partial charge in [-0.3, -0.25) is 0 Å². The first kappa shape index (κ1) is 16.3. The van der Waals surface area contributed by atoms with E-state index in [2.05, 4.69) is 4.98 Å². The number of carboxylic acids is 1. The van der Waals surface area contributed by atoms with Gasteiger partial charge >= 0.3 is 5.97 Å². The van der Waals surface area contributed by atoms with Crippen LogP contribution in [0.5, 0.6) is 5.75 Å². The maximum Gasteiger partial charge on any atom is 0.336 e. The van der Waals surface area contributed by atoms with Gasteiger partial charge in [0.2, 0.25) is 0 Å². The van der Waals surface area contributed by atoms with E-state index in [1.807, 2.05) is 32.0 Å². The van der Waals surface area contributed by atoms with E-state index >= 15 is 0 Å². The van der Waals surface area contributed by atoms with Gasteiger partial charge in [0.15, 0.2) is 0 Å². The summed E-state index contributed by atoms with van der Waals surface area (Å²) in [5.41, 5.74) is 4.06. The van der Waals surface area contributed by atoms with Crippen molar-refractivity contribution in [2.45, 2.75) is 13.8 Å². The van der Waals surface area contributed by atoms with Crippen LogP contribution >= 0.6 is 11.6 Å². The molecule has 0 saturated carbocycles. The molecule has 0 fully saturated rings. The number of benzene rings is 2. The topological polar surface area (TPSA) is 59.4 Å². The number of halogens is 1. The first-order valence-corrected chi connectivity index (χ1v) is 7.78. The van der Waals surface area contributed by atoms with Gasteiger partial charge in [-0.2, -0.15) is 0 Å². The van der Waals surface area contributed by atoms with Gasteiger partial charge in [-0.25, -0.2) is 9.78 Å². The molecule has 0 amide bonds. The van der Waals surface area contributed by atoms with Crippen LogP contribution in [0.15, 0.2) is 36.4 Å². The zero-order chi connectivity index (χ0) is 17.4. The van der Waals surface area contributed by atoms with Gasteiger partial charge < -0.3 is 9.84 Å². The molecule has 0 bridgehead atoms. The quantitative estimate of drug-likeness (QED) is 0.737. The Morgan fingerprint density at radius 1 is 1.12 bits per heavy atom. The van der Waals surface area contributed by atoms with Crippen molar-refractivity contribution in [1.29, 1.82) is 0 Å². The molecule has 0 saturated heterocycles. The highest BCUT2D eigenvalue weighted by Gasteiger charge is 2.16. The van der Waals surface area contributed by atoms with Crippen molar-refractivity contribution in [1.82, 2.24) is 4.98 Å². The number of aromatic carboxylic acids is 1. The average molecular weight is 342 g/mol. The first-order valence-electron chi connectivity index (χ1n) is 7.40. The largest absolute Gasteiger partial charge is 0.495 e. The van der Waals surface area contributed by atoms with Crippen LogP contribution in [-0.4, -0.2) is 23.2 Å². The molecule has 0 radical (unpaired) electrons. The van der Waals surface area contributed by atoms with Crippen molar-refractivity contribution in [2.24, 2.45) is 0 Å². The van der Waals surface area contributed by atoms with Crippen LogP contribution < -0.4 is 4.74 Å². The predicted molar refractivity (Wildman–Crippen MR) is 95.2 cm³/mol. The SMILES string of the molecule is COc1ccc(-c2cc(C(=O)O)c3c(C)ccc(C)c3n2)cc1Cl. The zero-order valence-electron chi connectivity index (χ0n) is 13.6. The number of nitrogens with zero attached hydrogens (tertiary/aromatic N) is 1. The number of aryl methyl sites for hydroxylation is 2. The summed E-state index contributed by atoms with van der Waals surface area (Å²) in [6.07, 6.45) is 0. The molecule has 5 heteroatoms. The van der Waals surface area contributed by atoms with E-state index in [-0.39, 0.29) is 5.56 Å². The molecule has 0 spiro atoms. The monoisotopic (exact) mass is 341 g/mol. The third kappa shape index (κ3) is 2.69. The third-order valence-electron chi connectivity index (χ3n) is 4.05. The van der Waals surface area contributed by atoms with Gasteiger partial charge in [-0.1, -0.05) is 23.7 Å². The molecule has 0 atom stereocenters. The highest BCUT2D eigenvalue weighted by molar-refractivity contribution is 6.32. The number of hydrogen-bond acceptors (Lipinski definition) is 3. The van der Waals surface area contributed by atoms with Crippen LogP contribution in [0.4, 0.5) is 0 Å². The number of carboxylic acid groups (broad SMARTS) is 1. The Morgan fingerprint density at radius 2 is 1.83 bits per heavy atom. The van der Waals surface area contributed by atoms with Gasteiger partial charge in [0.25, 0.3) is 0 Å². The van der Waals surface area contributed by atoms with Gasteiger partial charge in [0.05, 0.1) is 28.9 Å². The molecule has 1 aromatic heterocycles.